The Morgan fingerprint density at radius 1 is 0.711 bits per heavy atom. The van der Waals surface area contributed by atoms with Crippen LogP contribution in [0.4, 0.5) is 0 Å². The zero-order chi connectivity index (χ0) is 28.1. The maximum absolute atomic E-state index is 11.4. The molecule has 0 fully saturated rings. The molecule has 0 saturated carbocycles. The molecule has 4 unspecified atom stereocenters. The van der Waals surface area contributed by atoms with E-state index in [1.165, 1.54) is 0 Å². The zero-order valence-corrected chi connectivity index (χ0v) is 23.5. The first kappa shape index (κ1) is 30.5. The molecule has 0 saturated heterocycles. The third-order valence-corrected chi connectivity index (χ3v) is 7.85. The van der Waals surface area contributed by atoms with Crippen LogP contribution in [0.2, 0.25) is 0 Å². The van der Waals surface area contributed by atoms with E-state index in [0.717, 1.165) is 48.0 Å². The van der Waals surface area contributed by atoms with Crippen LogP contribution in [0.3, 0.4) is 0 Å². The Balaban J connectivity index is 1.82. The predicted octanol–water partition coefficient (Wildman–Crippen LogP) is 4.56. The lowest BCUT2D eigenvalue weighted by molar-refractivity contribution is 0.0137. The normalized spacial score (nSPS) is 24.5. The molecular formula is C32H46O6. The highest BCUT2D eigenvalue weighted by molar-refractivity contribution is 5.86. The second-order valence-corrected chi connectivity index (χ2v) is 12.1. The molecule has 4 atom stereocenters. The summed E-state index contributed by atoms with van der Waals surface area (Å²) >= 11 is 0. The van der Waals surface area contributed by atoms with E-state index in [4.69, 9.17) is 4.74 Å². The Morgan fingerprint density at radius 2 is 1.16 bits per heavy atom. The van der Waals surface area contributed by atoms with Crippen LogP contribution in [0.5, 0.6) is 0 Å². The molecule has 6 nitrogen and oxygen atoms in total. The third kappa shape index (κ3) is 7.75. The second-order valence-electron chi connectivity index (χ2n) is 12.1. The van der Waals surface area contributed by atoms with Crippen molar-refractivity contribution in [2.75, 3.05) is 13.7 Å². The molecule has 210 valence electrons. The standard InChI is InChI=1S/C32H46O6/c1-31(2,20-33)14-8-10-21-16-23(34)18-27(29(21)36)25-12-6-7-13-26(25)28-19-24(35)17-22(30(28)37)11-9-15-32(3,4)38-5/h6-7,12-13,16-19,23-24,29-30,33-37H,8-11,14-15,20H2,1-5H3. The number of hydrogen-bond donors (Lipinski definition) is 5. The van der Waals surface area contributed by atoms with Crippen molar-refractivity contribution in [3.63, 3.8) is 0 Å². The number of rotatable bonds is 12. The molecule has 0 spiro atoms. The van der Waals surface area contributed by atoms with Gasteiger partial charge in [0.05, 0.1) is 17.8 Å². The lowest BCUT2D eigenvalue weighted by Gasteiger charge is -2.30. The highest BCUT2D eigenvalue weighted by Gasteiger charge is 2.30. The summed E-state index contributed by atoms with van der Waals surface area (Å²) in [4.78, 5) is 0. The Bertz CT molecular complexity index is 992. The summed E-state index contributed by atoms with van der Waals surface area (Å²) in [7, 11) is 1.69. The van der Waals surface area contributed by atoms with Gasteiger partial charge in [0.25, 0.3) is 0 Å². The molecule has 3 rings (SSSR count). The molecule has 38 heavy (non-hydrogen) atoms. The van der Waals surface area contributed by atoms with Crippen molar-refractivity contribution in [2.24, 2.45) is 5.41 Å². The zero-order valence-electron chi connectivity index (χ0n) is 23.5. The van der Waals surface area contributed by atoms with Crippen LogP contribution < -0.4 is 0 Å². The first-order valence-corrected chi connectivity index (χ1v) is 13.7. The van der Waals surface area contributed by atoms with Gasteiger partial charge in [-0.05, 0) is 103 Å². The SMILES string of the molecule is COC(C)(C)CCCC1=CC(O)C=C(c2ccccc2C2=CC(O)C=C(CCCC(C)(C)CO)C2O)C1O. The molecule has 1 aromatic rings. The van der Waals surface area contributed by atoms with E-state index in [2.05, 4.69) is 0 Å². The number of benzene rings is 1. The largest absolute Gasteiger partial charge is 0.396 e. The van der Waals surface area contributed by atoms with Gasteiger partial charge < -0.3 is 30.3 Å². The van der Waals surface area contributed by atoms with Gasteiger partial charge in [-0.2, -0.15) is 0 Å². The molecule has 5 N–H and O–H groups in total. The van der Waals surface area contributed by atoms with Crippen molar-refractivity contribution in [3.8, 4) is 0 Å². The molecule has 0 aromatic heterocycles. The van der Waals surface area contributed by atoms with Gasteiger partial charge in [-0.3, -0.25) is 0 Å². The molecule has 2 aliphatic carbocycles. The van der Waals surface area contributed by atoms with E-state index in [0.29, 0.717) is 24.0 Å². The summed E-state index contributed by atoms with van der Waals surface area (Å²) < 4.78 is 5.51. The Morgan fingerprint density at radius 3 is 1.58 bits per heavy atom. The summed E-state index contributed by atoms with van der Waals surface area (Å²) in [6, 6.07) is 7.51. The minimum absolute atomic E-state index is 0.0968. The summed E-state index contributed by atoms with van der Waals surface area (Å²) in [5.41, 5.74) is 3.70. The van der Waals surface area contributed by atoms with Crippen molar-refractivity contribution >= 4 is 11.1 Å². The fourth-order valence-corrected chi connectivity index (χ4v) is 5.24. The van der Waals surface area contributed by atoms with Gasteiger partial charge in [-0.1, -0.05) is 50.3 Å². The van der Waals surface area contributed by atoms with E-state index in [-0.39, 0.29) is 17.6 Å². The van der Waals surface area contributed by atoms with Crippen molar-refractivity contribution in [1.82, 2.24) is 0 Å². The van der Waals surface area contributed by atoms with Gasteiger partial charge in [0.15, 0.2) is 0 Å². The van der Waals surface area contributed by atoms with Crippen LogP contribution in [0.15, 0.2) is 59.7 Å². The number of hydrogen-bond acceptors (Lipinski definition) is 6. The molecular weight excluding hydrogens is 480 g/mol. The maximum Gasteiger partial charge on any atom is 0.101 e. The average Bonchev–Trinajstić information content (AvgIpc) is 2.87. The van der Waals surface area contributed by atoms with Crippen LogP contribution in [-0.4, -0.2) is 69.3 Å². The highest BCUT2D eigenvalue weighted by atomic mass is 16.5. The van der Waals surface area contributed by atoms with Crippen molar-refractivity contribution in [2.45, 2.75) is 96.2 Å². The van der Waals surface area contributed by atoms with Crippen LogP contribution >= 0.6 is 0 Å². The van der Waals surface area contributed by atoms with E-state index in [9.17, 15) is 25.5 Å². The number of methoxy groups -OCH3 is 1. The Labute approximate surface area is 227 Å². The molecule has 1 aromatic carbocycles. The quantitative estimate of drug-likeness (QED) is 0.256. The first-order valence-electron chi connectivity index (χ1n) is 13.7. The second kappa shape index (κ2) is 12.9. The summed E-state index contributed by atoms with van der Waals surface area (Å²) in [6.45, 7) is 8.17. The van der Waals surface area contributed by atoms with E-state index >= 15 is 0 Å². The molecule has 0 aliphatic heterocycles. The molecule has 0 radical (unpaired) electrons. The number of aliphatic hydroxyl groups is 5. The lowest BCUT2D eigenvalue weighted by atomic mass is 9.79. The minimum atomic E-state index is -0.894. The van der Waals surface area contributed by atoms with Crippen LogP contribution in [0.25, 0.3) is 11.1 Å². The monoisotopic (exact) mass is 526 g/mol. The summed E-state index contributed by atoms with van der Waals surface area (Å²) in [5.74, 6) is 0. The van der Waals surface area contributed by atoms with E-state index < -0.39 is 24.4 Å². The van der Waals surface area contributed by atoms with Gasteiger partial charge in [0.2, 0.25) is 0 Å². The molecule has 0 bridgehead atoms. The topological polar surface area (TPSA) is 110 Å². The number of aliphatic hydroxyl groups excluding tert-OH is 5. The summed E-state index contributed by atoms with van der Waals surface area (Å²) in [5, 5.41) is 53.5. The van der Waals surface area contributed by atoms with Crippen LogP contribution in [0, 0.1) is 5.41 Å². The third-order valence-electron chi connectivity index (χ3n) is 7.85. The van der Waals surface area contributed by atoms with Crippen LogP contribution in [-0.2, 0) is 4.74 Å². The highest BCUT2D eigenvalue weighted by Crippen LogP contribution is 2.39. The summed E-state index contributed by atoms with van der Waals surface area (Å²) in [6.07, 6.45) is 7.73. The Kier molecular flexibility index (Phi) is 10.3. The molecule has 6 heteroatoms. The van der Waals surface area contributed by atoms with Crippen molar-refractivity contribution < 1.29 is 30.3 Å². The van der Waals surface area contributed by atoms with E-state index in [1.54, 1.807) is 31.4 Å². The smallest absolute Gasteiger partial charge is 0.101 e. The molecule has 0 amide bonds. The van der Waals surface area contributed by atoms with Gasteiger partial charge in [0.1, 0.15) is 12.2 Å². The van der Waals surface area contributed by atoms with Gasteiger partial charge in [-0.25, -0.2) is 0 Å². The van der Waals surface area contributed by atoms with Crippen molar-refractivity contribution in [3.05, 3.63) is 70.8 Å². The minimum Gasteiger partial charge on any atom is -0.396 e. The fourth-order valence-electron chi connectivity index (χ4n) is 5.24. The number of ether oxygens (including phenoxy) is 1. The van der Waals surface area contributed by atoms with Gasteiger partial charge >= 0.3 is 0 Å². The van der Waals surface area contributed by atoms with E-state index in [1.807, 2.05) is 52.0 Å². The Hall–Kier alpha value is -2.06. The predicted molar refractivity (Wildman–Crippen MR) is 152 cm³/mol. The van der Waals surface area contributed by atoms with Gasteiger partial charge in [0, 0.05) is 13.7 Å². The van der Waals surface area contributed by atoms with Crippen molar-refractivity contribution in [1.29, 1.82) is 0 Å². The first-order chi connectivity index (χ1) is 17.9. The molecule has 0 heterocycles. The van der Waals surface area contributed by atoms with Crippen LogP contribution in [0.1, 0.15) is 77.3 Å². The molecule has 2 aliphatic rings. The fraction of sp³-hybridized carbons (Fsp3) is 0.562. The van der Waals surface area contributed by atoms with Gasteiger partial charge in [-0.15, -0.1) is 0 Å². The lowest BCUT2D eigenvalue weighted by Crippen LogP contribution is -2.25. The maximum atomic E-state index is 11.4. The average molecular weight is 527 g/mol.